The largest absolute Gasteiger partial charge is 0.309 e. The number of hydrogen-bond acceptors (Lipinski definition) is 4. The standard InChI is InChI=1S/C26H32N6O/c1-5-30(6-2)14-15-31-24-13-8-7-12-23(24)27-26(31)28-25(33)22-11-9-10-21(17-22)18-32-20(4)16-19(3)29-32/h7-13,16-17H,5-6,14-15,18H2,1-4H3,(H,27,28,33). The normalized spacial score (nSPS) is 11.4. The van der Waals surface area contributed by atoms with E-state index in [1.54, 1.807) is 0 Å². The quantitative estimate of drug-likeness (QED) is 0.413. The number of anilines is 1. The molecule has 2 aromatic heterocycles. The average Bonchev–Trinajstić information content (AvgIpc) is 3.32. The molecule has 0 saturated heterocycles. The maximum absolute atomic E-state index is 13.2. The summed E-state index contributed by atoms with van der Waals surface area (Å²) in [6, 6.07) is 17.8. The number of amides is 1. The van der Waals surface area contributed by atoms with E-state index in [-0.39, 0.29) is 5.91 Å². The average molecular weight is 445 g/mol. The van der Waals surface area contributed by atoms with Gasteiger partial charge in [0.1, 0.15) is 0 Å². The van der Waals surface area contributed by atoms with E-state index < -0.39 is 0 Å². The Morgan fingerprint density at radius 1 is 1.03 bits per heavy atom. The second-order valence-electron chi connectivity index (χ2n) is 8.34. The van der Waals surface area contributed by atoms with Crippen molar-refractivity contribution >= 4 is 22.9 Å². The first-order valence-corrected chi connectivity index (χ1v) is 11.6. The fourth-order valence-electron chi connectivity index (χ4n) is 4.17. The van der Waals surface area contributed by atoms with Gasteiger partial charge in [-0.2, -0.15) is 5.10 Å². The number of nitrogens with one attached hydrogen (secondary N) is 1. The molecular weight excluding hydrogens is 412 g/mol. The number of fused-ring (bicyclic) bond motifs is 1. The van der Waals surface area contributed by atoms with Gasteiger partial charge in [0.05, 0.1) is 23.3 Å². The first kappa shape index (κ1) is 22.7. The minimum Gasteiger partial charge on any atom is -0.309 e. The zero-order valence-electron chi connectivity index (χ0n) is 19.9. The predicted octanol–water partition coefficient (Wildman–Crippen LogP) is 4.49. The first-order chi connectivity index (χ1) is 16.0. The van der Waals surface area contributed by atoms with Crippen molar-refractivity contribution in [3.05, 3.63) is 77.1 Å². The molecule has 1 amide bonds. The molecule has 7 heteroatoms. The molecule has 0 bridgehead atoms. The van der Waals surface area contributed by atoms with Crippen molar-refractivity contribution in [1.29, 1.82) is 0 Å². The molecule has 4 aromatic rings. The van der Waals surface area contributed by atoms with E-state index in [1.807, 2.05) is 61.0 Å². The number of benzene rings is 2. The molecule has 172 valence electrons. The van der Waals surface area contributed by atoms with Crippen molar-refractivity contribution in [1.82, 2.24) is 24.2 Å². The number of nitrogens with zero attached hydrogens (tertiary/aromatic N) is 5. The lowest BCUT2D eigenvalue weighted by Gasteiger charge is -2.19. The summed E-state index contributed by atoms with van der Waals surface area (Å²) in [4.78, 5) is 20.2. The molecule has 1 N–H and O–H groups in total. The Labute approximate surface area is 195 Å². The number of likely N-dealkylation sites (N-methyl/N-ethyl adjacent to an activating group) is 1. The molecule has 0 aliphatic heterocycles. The summed E-state index contributed by atoms with van der Waals surface area (Å²) in [5.41, 5.74) is 5.64. The number of hydrogen-bond donors (Lipinski definition) is 1. The maximum atomic E-state index is 13.2. The third-order valence-electron chi connectivity index (χ3n) is 6.04. The van der Waals surface area contributed by atoms with Crippen molar-refractivity contribution in [3.8, 4) is 0 Å². The lowest BCUT2D eigenvalue weighted by atomic mass is 10.1. The lowest BCUT2D eigenvalue weighted by molar-refractivity contribution is 0.102. The highest BCUT2D eigenvalue weighted by Crippen LogP contribution is 2.21. The zero-order chi connectivity index (χ0) is 23.4. The van der Waals surface area contributed by atoms with E-state index >= 15 is 0 Å². The molecule has 0 radical (unpaired) electrons. The van der Waals surface area contributed by atoms with Crippen LogP contribution in [0.1, 0.15) is 41.2 Å². The number of rotatable bonds is 9. The molecule has 2 heterocycles. The van der Waals surface area contributed by atoms with Crippen LogP contribution < -0.4 is 5.32 Å². The Bertz CT molecular complexity index is 1250. The van der Waals surface area contributed by atoms with Crippen molar-refractivity contribution < 1.29 is 4.79 Å². The van der Waals surface area contributed by atoms with Crippen LogP contribution in [0, 0.1) is 13.8 Å². The van der Waals surface area contributed by atoms with Gasteiger partial charge >= 0.3 is 0 Å². The zero-order valence-corrected chi connectivity index (χ0v) is 19.9. The molecule has 2 aromatic carbocycles. The molecule has 33 heavy (non-hydrogen) atoms. The highest BCUT2D eigenvalue weighted by Gasteiger charge is 2.15. The second-order valence-corrected chi connectivity index (χ2v) is 8.34. The smallest absolute Gasteiger partial charge is 0.257 e. The van der Waals surface area contributed by atoms with Crippen LogP contribution in [0.3, 0.4) is 0 Å². The van der Waals surface area contributed by atoms with Gasteiger partial charge in [-0.15, -0.1) is 0 Å². The van der Waals surface area contributed by atoms with Crippen LogP contribution >= 0.6 is 0 Å². The van der Waals surface area contributed by atoms with Crippen LogP contribution in [-0.4, -0.2) is 49.8 Å². The van der Waals surface area contributed by atoms with Gasteiger partial charge in [-0.05, 0) is 62.8 Å². The highest BCUT2D eigenvalue weighted by molar-refractivity contribution is 6.04. The van der Waals surface area contributed by atoms with Crippen molar-refractivity contribution in [2.45, 2.75) is 40.8 Å². The predicted molar refractivity (Wildman–Crippen MR) is 133 cm³/mol. The molecular formula is C26H32N6O. The van der Waals surface area contributed by atoms with E-state index in [0.717, 1.165) is 54.2 Å². The molecule has 7 nitrogen and oxygen atoms in total. The van der Waals surface area contributed by atoms with E-state index in [1.165, 1.54) is 0 Å². The first-order valence-electron chi connectivity index (χ1n) is 11.6. The Morgan fingerprint density at radius 2 is 1.82 bits per heavy atom. The van der Waals surface area contributed by atoms with Gasteiger partial charge < -0.3 is 9.47 Å². The van der Waals surface area contributed by atoms with Gasteiger partial charge in [-0.3, -0.25) is 14.8 Å². The maximum Gasteiger partial charge on any atom is 0.257 e. The van der Waals surface area contributed by atoms with Crippen LogP contribution in [0.25, 0.3) is 11.0 Å². The topological polar surface area (TPSA) is 68.0 Å². The number of aryl methyl sites for hydroxylation is 2. The van der Waals surface area contributed by atoms with Crippen LogP contribution in [0.2, 0.25) is 0 Å². The van der Waals surface area contributed by atoms with Gasteiger partial charge in [0.25, 0.3) is 5.91 Å². The molecule has 0 aliphatic rings. The van der Waals surface area contributed by atoms with Crippen molar-refractivity contribution in [2.24, 2.45) is 0 Å². The second kappa shape index (κ2) is 10.0. The van der Waals surface area contributed by atoms with E-state index in [9.17, 15) is 4.79 Å². The molecule has 0 spiro atoms. The van der Waals surface area contributed by atoms with E-state index in [0.29, 0.717) is 18.1 Å². The SMILES string of the molecule is CCN(CC)CCn1c(NC(=O)c2cccc(Cn3nc(C)cc3C)c2)nc2ccccc21. The number of aromatic nitrogens is 4. The summed E-state index contributed by atoms with van der Waals surface area (Å²) >= 11 is 0. The summed E-state index contributed by atoms with van der Waals surface area (Å²) in [6.07, 6.45) is 0. The Hall–Kier alpha value is -3.45. The summed E-state index contributed by atoms with van der Waals surface area (Å²) in [5.74, 6) is 0.418. The molecule has 4 rings (SSSR count). The number of carbonyl (C=O) groups excluding carboxylic acids is 1. The number of para-hydroxylation sites is 2. The van der Waals surface area contributed by atoms with E-state index in [4.69, 9.17) is 4.98 Å². The minimum absolute atomic E-state index is 0.162. The van der Waals surface area contributed by atoms with Crippen LogP contribution in [0.5, 0.6) is 0 Å². The lowest BCUT2D eigenvalue weighted by Crippen LogP contribution is -2.27. The van der Waals surface area contributed by atoms with Gasteiger partial charge in [0, 0.05) is 24.3 Å². The highest BCUT2D eigenvalue weighted by atomic mass is 16.1. The summed E-state index contributed by atoms with van der Waals surface area (Å²) in [7, 11) is 0. The molecule has 0 saturated carbocycles. The van der Waals surface area contributed by atoms with E-state index in [2.05, 4.69) is 45.9 Å². The Balaban J connectivity index is 1.56. The Morgan fingerprint density at radius 3 is 2.55 bits per heavy atom. The number of imidazole rings is 1. The van der Waals surface area contributed by atoms with Gasteiger partial charge in [0.2, 0.25) is 5.95 Å². The van der Waals surface area contributed by atoms with Crippen LogP contribution in [0.15, 0.2) is 54.6 Å². The third-order valence-corrected chi connectivity index (χ3v) is 6.04. The van der Waals surface area contributed by atoms with Gasteiger partial charge in [0.15, 0.2) is 0 Å². The monoisotopic (exact) mass is 444 g/mol. The summed E-state index contributed by atoms with van der Waals surface area (Å²) < 4.78 is 4.06. The summed E-state index contributed by atoms with van der Waals surface area (Å²) in [6.45, 7) is 12.6. The fraction of sp³-hybridized carbons (Fsp3) is 0.346. The van der Waals surface area contributed by atoms with Crippen LogP contribution in [0.4, 0.5) is 5.95 Å². The fourth-order valence-corrected chi connectivity index (χ4v) is 4.17. The minimum atomic E-state index is -0.162. The molecule has 0 aliphatic carbocycles. The molecule has 0 atom stereocenters. The Kier molecular flexibility index (Phi) is 6.89. The molecule has 0 fully saturated rings. The number of carbonyl (C=O) groups is 1. The van der Waals surface area contributed by atoms with Gasteiger partial charge in [-0.25, -0.2) is 4.98 Å². The third kappa shape index (κ3) is 5.14. The van der Waals surface area contributed by atoms with Gasteiger partial charge in [-0.1, -0.05) is 38.1 Å². The van der Waals surface area contributed by atoms with Crippen molar-refractivity contribution in [2.75, 3.05) is 25.0 Å². The summed E-state index contributed by atoms with van der Waals surface area (Å²) in [5, 5.41) is 7.59. The van der Waals surface area contributed by atoms with Crippen LogP contribution in [-0.2, 0) is 13.1 Å². The molecule has 0 unspecified atom stereocenters. The van der Waals surface area contributed by atoms with Crippen molar-refractivity contribution in [3.63, 3.8) is 0 Å².